The predicted octanol–water partition coefficient (Wildman–Crippen LogP) is 9.58. The van der Waals surface area contributed by atoms with Crippen LogP contribution in [-0.4, -0.2) is 0 Å². The Morgan fingerprint density at radius 2 is 1.03 bits per heavy atom. The summed E-state index contributed by atoms with van der Waals surface area (Å²) >= 11 is 0. The SMILES string of the molecule is CC1(C)c2ccccc2-c2cc(-c3ccc(NCc4ccc5c(c4)C(C)(C)c4ccccc4-5)cc3)ccc21. The van der Waals surface area contributed by atoms with Crippen molar-refractivity contribution in [3.8, 4) is 33.4 Å². The van der Waals surface area contributed by atoms with Crippen LogP contribution in [-0.2, 0) is 17.4 Å². The second-order valence-electron chi connectivity index (χ2n) is 11.9. The first kappa shape index (κ1) is 23.0. The number of anilines is 1. The molecule has 0 spiro atoms. The lowest BCUT2D eigenvalue weighted by atomic mass is 9.82. The summed E-state index contributed by atoms with van der Waals surface area (Å²) in [5, 5.41) is 3.64. The highest BCUT2D eigenvalue weighted by Crippen LogP contribution is 2.50. The molecule has 0 amide bonds. The van der Waals surface area contributed by atoms with E-state index in [9.17, 15) is 0 Å². The Labute approximate surface area is 226 Å². The van der Waals surface area contributed by atoms with Crippen molar-refractivity contribution >= 4 is 5.69 Å². The van der Waals surface area contributed by atoms with Gasteiger partial charge in [0.25, 0.3) is 0 Å². The van der Waals surface area contributed by atoms with Gasteiger partial charge in [0.05, 0.1) is 0 Å². The predicted molar refractivity (Wildman–Crippen MR) is 161 cm³/mol. The summed E-state index contributed by atoms with van der Waals surface area (Å²) in [5.74, 6) is 0. The number of rotatable bonds is 4. The molecule has 2 aliphatic carbocycles. The van der Waals surface area contributed by atoms with Crippen LogP contribution in [0.3, 0.4) is 0 Å². The molecule has 0 bridgehead atoms. The topological polar surface area (TPSA) is 12.0 Å². The summed E-state index contributed by atoms with van der Waals surface area (Å²) in [7, 11) is 0. The molecule has 0 radical (unpaired) electrons. The quantitative estimate of drug-likeness (QED) is 0.264. The van der Waals surface area contributed by atoms with Crippen LogP contribution in [0.25, 0.3) is 33.4 Å². The lowest BCUT2D eigenvalue weighted by molar-refractivity contribution is 0.659. The highest BCUT2D eigenvalue weighted by molar-refractivity contribution is 5.85. The van der Waals surface area contributed by atoms with Crippen molar-refractivity contribution in [2.45, 2.75) is 45.1 Å². The average Bonchev–Trinajstić information content (AvgIpc) is 3.32. The van der Waals surface area contributed by atoms with E-state index >= 15 is 0 Å². The van der Waals surface area contributed by atoms with Crippen molar-refractivity contribution in [3.05, 3.63) is 137 Å². The minimum Gasteiger partial charge on any atom is -0.381 e. The molecule has 0 aliphatic heterocycles. The van der Waals surface area contributed by atoms with Gasteiger partial charge in [0.2, 0.25) is 0 Å². The molecule has 5 aromatic carbocycles. The van der Waals surface area contributed by atoms with Gasteiger partial charge in [-0.25, -0.2) is 0 Å². The summed E-state index contributed by atoms with van der Waals surface area (Å²) in [4.78, 5) is 0. The maximum absolute atomic E-state index is 3.64. The Kier molecular flexibility index (Phi) is 4.97. The van der Waals surface area contributed by atoms with Crippen molar-refractivity contribution in [2.24, 2.45) is 0 Å². The van der Waals surface area contributed by atoms with Crippen LogP contribution in [0, 0.1) is 0 Å². The first-order valence-electron chi connectivity index (χ1n) is 13.7. The molecule has 1 nitrogen and oxygen atoms in total. The largest absolute Gasteiger partial charge is 0.381 e. The number of nitrogens with one attached hydrogen (secondary N) is 1. The third kappa shape index (κ3) is 3.38. The molecule has 1 N–H and O–H groups in total. The third-order valence-corrected chi connectivity index (χ3v) is 8.95. The maximum Gasteiger partial charge on any atom is 0.0400 e. The van der Waals surface area contributed by atoms with E-state index in [0.717, 1.165) is 12.2 Å². The standard InChI is InChI=1S/C37H33N/c1-36(2)33-12-8-6-10-29(33)31-22-26(16-20-34(31)36)25-14-17-27(18-15-25)38-23-24-13-19-30-28-9-5-7-11-32(28)37(3,4)35(30)21-24/h5-22,38H,23H2,1-4H3. The zero-order valence-corrected chi connectivity index (χ0v) is 22.6. The fourth-order valence-corrected chi connectivity index (χ4v) is 6.75. The first-order valence-corrected chi connectivity index (χ1v) is 13.7. The van der Waals surface area contributed by atoms with E-state index in [2.05, 4.69) is 142 Å². The van der Waals surface area contributed by atoms with Crippen molar-refractivity contribution in [3.63, 3.8) is 0 Å². The van der Waals surface area contributed by atoms with Crippen molar-refractivity contribution in [2.75, 3.05) is 5.32 Å². The fraction of sp³-hybridized carbons (Fsp3) is 0.189. The van der Waals surface area contributed by atoms with Gasteiger partial charge in [-0.3, -0.25) is 0 Å². The Bertz CT molecular complexity index is 1700. The molecule has 2 aliphatic rings. The summed E-state index contributed by atoms with van der Waals surface area (Å²) in [5.41, 5.74) is 16.2. The van der Waals surface area contributed by atoms with Gasteiger partial charge in [-0.2, -0.15) is 0 Å². The molecule has 7 rings (SSSR count). The van der Waals surface area contributed by atoms with Crippen molar-refractivity contribution < 1.29 is 0 Å². The summed E-state index contributed by atoms with van der Waals surface area (Å²) in [6, 6.07) is 40.5. The molecule has 0 aromatic heterocycles. The molecule has 0 unspecified atom stereocenters. The van der Waals surface area contributed by atoms with Crippen LogP contribution in [0.1, 0.15) is 55.5 Å². The molecular weight excluding hydrogens is 458 g/mol. The molecule has 0 fully saturated rings. The monoisotopic (exact) mass is 491 g/mol. The maximum atomic E-state index is 3.64. The van der Waals surface area contributed by atoms with Crippen LogP contribution >= 0.6 is 0 Å². The van der Waals surface area contributed by atoms with E-state index in [1.165, 1.54) is 61.2 Å². The Morgan fingerprint density at radius 1 is 0.474 bits per heavy atom. The van der Waals surface area contributed by atoms with Gasteiger partial charge in [0, 0.05) is 23.1 Å². The number of benzene rings is 5. The second kappa shape index (κ2) is 8.20. The highest BCUT2D eigenvalue weighted by atomic mass is 14.9. The normalized spacial score (nSPS) is 15.4. The Morgan fingerprint density at radius 3 is 1.74 bits per heavy atom. The summed E-state index contributed by atoms with van der Waals surface area (Å²) < 4.78 is 0. The van der Waals surface area contributed by atoms with Crippen LogP contribution in [0.5, 0.6) is 0 Å². The van der Waals surface area contributed by atoms with Crippen LogP contribution in [0.15, 0.2) is 109 Å². The molecule has 38 heavy (non-hydrogen) atoms. The number of fused-ring (bicyclic) bond motifs is 6. The van der Waals surface area contributed by atoms with Gasteiger partial charge >= 0.3 is 0 Å². The van der Waals surface area contributed by atoms with Crippen LogP contribution < -0.4 is 5.32 Å². The van der Waals surface area contributed by atoms with Crippen LogP contribution in [0.2, 0.25) is 0 Å². The van der Waals surface area contributed by atoms with Gasteiger partial charge in [0.15, 0.2) is 0 Å². The van der Waals surface area contributed by atoms with E-state index in [1.54, 1.807) is 0 Å². The van der Waals surface area contributed by atoms with E-state index < -0.39 is 0 Å². The Hall–Kier alpha value is -4.10. The molecule has 0 heterocycles. The Balaban J connectivity index is 1.11. The van der Waals surface area contributed by atoms with Crippen LogP contribution in [0.4, 0.5) is 5.69 Å². The number of hydrogen-bond donors (Lipinski definition) is 1. The highest BCUT2D eigenvalue weighted by Gasteiger charge is 2.36. The zero-order chi connectivity index (χ0) is 26.1. The van der Waals surface area contributed by atoms with E-state index in [4.69, 9.17) is 0 Å². The molecule has 0 saturated heterocycles. The lowest BCUT2D eigenvalue weighted by Gasteiger charge is -2.22. The van der Waals surface area contributed by atoms with E-state index in [1.807, 2.05) is 0 Å². The molecule has 5 aromatic rings. The molecule has 186 valence electrons. The van der Waals surface area contributed by atoms with E-state index in [0.29, 0.717) is 0 Å². The first-order chi connectivity index (χ1) is 18.3. The van der Waals surface area contributed by atoms with Gasteiger partial charge in [0.1, 0.15) is 0 Å². The minimum atomic E-state index is 0.0369. The molecule has 1 heteroatoms. The van der Waals surface area contributed by atoms with Gasteiger partial charge < -0.3 is 5.32 Å². The van der Waals surface area contributed by atoms with Gasteiger partial charge in [-0.1, -0.05) is 119 Å². The average molecular weight is 492 g/mol. The van der Waals surface area contributed by atoms with Gasteiger partial charge in [-0.15, -0.1) is 0 Å². The lowest BCUT2D eigenvalue weighted by Crippen LogP contribution is -2.15. The summed E-state index contributed by atoms with van der Waals surface area (Å²) in [6.45, 7) is 10.2. The van der Waals surface area contributed by atoms with Crippen molar-refractivity contribution in [1.29, 1.82) is 0 Å². The van der Waals surface area contributed by atoms with Gasteiger partial charge in [-0.05, 0) is 79.4 Å². The molecule has 0 saturated carbocycles. The van der Waals surface area contributed by atoms with E-state index in [-0.39, 0.29) is 10.8 Å². The molecule has 0 atom stereocenters. The fourth-order valence-electron chi connectivity index (χ4n) is 6.75. The van der Waals surface area contributed by atoms with Crippen molar-refractivity contribution in [1.82, 2.24) is 0 Å². The second-order valence-corrected chi connectivity index (χ2v) is 11.9. The number of hydrogen-bond acceptors (Lipinski definition) is 1. The molecular formula is C37H33N. The minimum absolute atomic E-state index is 0.0369. The summed E-state index contributed by atoms with van der Waals surface area (Å²) in [6.07, 6.45) is 0. The third-order valence-electron chi connectivity index (χ3n) is 8.95. The zero-order valence-electron chi connectivity index (χ0n) is 22.6. The smallest absolute Gasteiger partial charge is 0.0400 e.